The maximum atomic E-state index is 11.2. The Morgan fingerprint density at radius 1 is 1.29 bits per heavy atom. The van der Waals surface area contributed by atoms with Crippen LogP contribution in [0.1, 0.15) is 0 Å². The number of nitrogens with zero attached hydrogens (tertiary/aromatic N) is 3. The zero-order valence-electron chi connectivity index (χ0n) is 11.4. The van der Waals surface area contributed by atoms with Crippen molar-refractivity contribution >= 4 is 22.8 Å². The minimum atomic E-state index is -0.299. The number of aromatic nitrogens is 2. The van der Waals surface area contributed by atoms with Gasteiger partial charge in [0, 0.05) is 12.4 Å². The molecule has 2 heterocycles. The quantitative estimate of drug-likeness (QED) is 0.690. The first kappa shape index (κ1) is 13.1. The summed E-state index contributed by atoms with van der Waals surface area (Å²) in [6.45, 7) is 0.170. The van der Waals surface area contributed by atoms with Crippen LogP contribution in [-0.2, 0) is 16.1 Å². The number of benzene rings is 1. The van der Waals surface area contributed by atoms with Crippen molar-refractivity contribution in [1.29, 1.82) is 0 Å². The van der Waals surface area contributed by atoms with Gasteiger partial charge >= 0.3 is 5.97 Å². The maximum Gasteiger partial charge on any atom is 0.325 e. The summed E-state index contributed by atoms with van der Waals surface area (Å²) < 4.78 is 11.5. The molecule has 3 rings (SSSR count). The fraction of sp³-hybridized carbons (Fsp3) is 0.133. The van der Waals surface area contributed by atoms with E-state index in [0.717, 1.165) is 10.7 Å². The Morgan fingerprint density at radius 3 is 2.81 bits per heavy atom. The maximum absolute atomic E-state index is 11.2. The van der Waals surface area contributed by atoms with Crippen LogP contribution < -0.4 is 5.36 Å². The highest BCUT2D eigenvalue weighted by Gasteiger charge is 2.05. The number of hydrogen-bond donors (Lipinski definition) is 0. The lowest BCUT2D eigenvalue weighted by molar-refractivity contribution is -0.141. The Balaban J connectivity index is 1.91. The molecule has 2 aromatic heterocycles. The zero-order chi connectivity index (χ0) is 14.7. The van der Waals surface area contributed by atoms with Gasteiger partial charge in [-0.1, -0.05) is 17.3 Å². The molecule has 1 aromatic carbocycles. The zero-order valence-corrected chi connectivity index (χ0v) is 11.4. The molecule has 0 N–H and O–H groups in total. The van der Waals surface area contributed by atoms with Crippen molar-refractivity contribution in [3.63, 3.8) is 0 Å². The van der Waals surface area contributed by atoms with E-state index in [-0.39, 0.29) is 12.5 Å². The van der Waals surface area contributed by atoms with Gasteiger partial charge in [-0.2, -0.15) is 0 Å². The van der Waals surface area contributed by atoms with E-state index < -0.39 is 0 Å². The second kappa shape index (κ2) is 5.62. The Hall–Kier alpha value is -2.89. The van der Waals surface area contributed by atoms with Crippen LogP contribution in [-0.4, -0.2) is 22.8 Å². The van der Waals surface area contributed by atoms with E-state index in [1.165, 1.54) is 7.11 Å². The normalized spacial score (nSPS) is 10.5. The molecule has 0 saturated heterocycles. The molecular weight excluding hydrogens is 270 g/mol. The second-order valence-electron chi connectivity index (χ2n) is 4.42. The fourth-order valence-electron chi connectivity index (χ4n) is 1.92. The molecular formula is C15H13N3O3. The number of pyridine rings is 1. The summed E-state index contributed by atoms with van der Waals surface area (Å²) in [4.78, 5) is 15.6. The van der Waals surface area contributed by atoms with E-state index >= 15 is 0 Å². The summed E-state index contributed by atoms with van der Waals surface area (Å²) in [5.41, 5.74) is 0.702. The summed E-state index contributed by atoms with van der Waals surface area (Å²) in [6.07, 6.45) is 3.52. The third kappa shape index (κ3) is 2.84. The second-order valence-corrected chi connectivity index (χ2v) is 4.42. The SMILES string of the molecule is COC(=O)Cn1ccc(=Nc2noc3ccccc23)cc1. The number of carbonyl (C=O) groups excluding carboxylic acids is 1. The average Bonchev–Trinajstić information content (AvgIpc) is 2.92. The van der Waals surface area contributed by atoms with E-state index in [1.807, 2.05) is 24.3 Å². The number of hydrogen-bond acceptors (Lipinski definition) is 5. The van der Waals surface area contributed by atoms with Crippen molar-refractivity contribution in [1.82, 2.24) is 9.72 Å². The summed E-state index contributed by atoms with van der Waals surface area (Å²) >= 11 is 0. The highest BCUT2D eigenvalue weighted by Crippen LogP contribution is 2.23. The lowest BCUT2D eigenvalue weighted by Crippen LogP contribution is -2.13. The lowest BCUT2D eigenvalue weighted by Gasteiger charge is -2.03. The number of ether oxygens (including phenoxy) is 1. The summed E-state index contributed by atoms with van der Waals surface area (Å²) in [7, 11) is 1.36. The van der Waals surface area contributed by atoms with Gasteiger partial charge in [-0.15, -0.1) is 0 Å². The monoisotopic (exact) mass is 283 g/mol. The number of methoxy groups -OCH3 is 1. The van der Waals surface area contributed by atoms with Gasteiger partial charge < -0.3 is 13.8 Å². The van der Waals surface area contributed by atoms with E-state index in [0.29, 0.717) is 11.4 Å². The van der Waals surface area contributed by atoms with Gasteiger partial charge in [0.25, 0.3) is 0 Å². The topological polar surface area (TPSA) is 69.6 Å². The lowest BCUT2D eigenvalue weighted by atomic mass is 10.2. The number of esters is 1. The summed E-state index contributed by atoms with van der Waals surface area (Å²) in [5.74, 6) is 0.239. The molecule has 21 heavy (non-hydrogen) atoms. The van der Waals surface area contributed by atoms with Gasteiger partial charge in [0.15, 0.2) is 5.58 Å². The minimum Gasteiger partial charge on any atom is -0.468 e. The van der Waals surface area contributed by atoms with Crippen LogP contribution in [0, 0.1) is 0 Å². The first-order chi connectivity index (χ1) is 10.3. The Kier molecular flexibility index (Phi) is 3.51. The predicted octanol–water partition coefficient (Wildman–Crippen LogP) is 2.03. The van der Waals surface area contributed by atoms with E-state index in [1.54, 1.807) is 29.1 Å². The Labute approximate surface area is 120 Å². The van der Waals surface area contributed by atoms with E-state index in [4.69, 9.17) is 4.52 Å². The molecule has 0 aliphatic heterocycles. The molecule has 0 unspecified atom stereocenters. The van der Waals surface area contributed by atoms with Gasteiger partial charge in [-0.25, -0.2) is 4.99 Å². The summed E-state index contributed by atoms with van der Waals surface area (Å²) in [6, 6.07) is 11.1. The minimum absolute atomic E-state index is 0.170. The smallest absolute Gasteiger partial charge is 0.325 e. The number of para-hydroxylation sites is 1. The fourth-order valence-corrected chi connectivity index (χ4v) is 1.92. The highest BCUT2D eigenvalue weighted by molar-refractivity contribution is 5.86. The molecule has 0 spiro atoms. The molecule has 0 radical (unpaired) electrons. The van der Waals surface area contributed by atoms with Crippen LogP contribution in [0.4, 0.5) is 5.82 Å². The highest BCUT2D eigenvalue weighted by atomic mass is 16.5. The van der Waals surface area contributed by atoms with E-state index in [9.17, 15) is 4.79 Å². The van der Waals surface area contributed by atoms with Crippen LogP contribution in [0.5, 0.6) is 0 Å². The largest absolute Gasteiger partial charge is 0.468 e. The standard InChI is InChI=1S/C15H13N3O3/c1-20-14(19)10-18-8-6-11(7-9-18)16-15-12-4-2-3-5-13(12)21-17-15/h2-9H,10H2,1H3. The Morgan fingerprint density at radius 2 is 2.05 bits per heavy atom. The third-order valence-electron chi connectivity index (χ3n) is 3.01. The Bertz CT molecular complexity index is 828. The van der Waals surface area contributed by atoms with Gasteiger partial charge in [0.1, 0.15) is 6.54 Å². The number of rotatable bonds is 3. The van der Waals surface area contributed by atoms with Crippen LogP contribution in [0.3, 0.4) is 0 Å². The molecule has 6 nitrogen and oxygen atoms in total. The van der Waals surface area contributed by atoms with Crippen molar-refractivity contribution in [2.45, 2.75) is 6.54 Å². The van der Waals surface area contributed by atoms with Gasteiger partial charge in [-0.05, 0) is 24.3 Å². The van der Waals surface area contributed by atoms with Crippen LogP contribution in [0.25, 0.3) is 11.0 Å². The van der Waals surface area contributed by atoms with Crippen molar-refractivity contribution < 1.29 is 14.1 Å². The number of fused-ring (bicyclic) bond motifs is 1. The van der Waals surface area contributed by atoms with Gasteiger partial charge in [-0.3, -0.25) is 4.79 Å². The average molecular weight is 283 g/mol. The van der Waals surface area contributed by atoms with E-state index in [2.05, 4.69) is 14.9 Å². The van der Waals surface area contributed by atoms with Crippen molar-refractivity contribution in [2.75, 3.05) is 7.11 Å². The molecule has 6 heteroatoms. The molecule has 0 amide bonds. The molecule has 106 valence electrons. The van der Waals surface area contributed by atoms with Crippen molar-refractivity contribution in [2.24, 2.45) is 4.99 Å². The van der Waals surface area contributed by atoms with Crippen LogP contribution in [0.15, 0.2) is 58.3 Å². The van der Waals surface area contributed by atoms with Crippen molar-refractivity contribution in [3.05, 3.63) is 54.1 Å². The van der Waals surface area contributed by atoms with Gasteiger partial charge in [0.05, 0.1) is 17.9 Å². The molecule has 3 aromatic rings. The molecule has 0 atom stereocenters. The predicted molar refractivity (Wildman–Crippen MR) is 75.7 cm³/mol. The van der Waals surface area contributed by atoms with Crippen LogP contribution in [0.2, 0.25) is 0 Å². The van der Waals surface area contributed by atoms with Crippen LogP contribution >= 0.6 is 0 Å². The molecule has 0 aliphatic rings. The number of carbonyl (C=O) groups is 1. The molecule has 0 saturated carbocycles. The molecule has 0 aliphatic carbocycles. The molecule has 0 fully saturated rings. The third-order valence-corrected chi connectivity index (χ3v) is 3.01. The van der Waals surface area contributed by atoms with Gasteiger partial charge in [0.2, 0.25) is 5.82 Å². The first-order valence-electron chi connectivity index (χ1n) is 6.38. The first-order valence-corrected chi connectivity index (χ1v) is 6.38. The van der Waals surface area contributed by atoms with Crippen molar-refractivity contribution in [3.8, 4) is 0 Å². The molecule has 0 bridgehead atoms. The summed E-state index contributed by atoms with van der Waals surface area (Å²) in [5, 5.41) is 5.55.